The summed E-state index contributed by atoms with van der Waals surface area (Å²) >= 11 is 0. The van der Waals surface area contributed by atoms with Crippen LogP contribution in [-0.4, -0.2) is 50.0 Å². The van der Waals surface area contributed by atoms with Crippen molar-refractivity contribution < 1.29 is 9.53 Å². The summed E-state index contributed by atoms with van der Waals surface area (Å²) in [6.45, 7) is 1.26. The molecule has 6 heteroatoms. The monoisotopic (exact) mass is 212 g/mol. The van der Waals surface area contributed by atoms with Crippen molar-refractivity contribution in [3.05, 3.63) is 11.8 Å². The van der Waals surface area contributed by atoms with Gasteiger partial charge in [-0.25, -0.2) is 0 Å². The molecule has 6 nitrogen and oxygen atoms in total. The van der Waals surface area contributed by atoms with Crippen molar-refractivity contribution in [2.45, 2.75) is 6.10 Å². The molecule has 0 unspecified atom stereocenters. The van der Waals surface area contributed by atoms with Gasteiger partial charge in [0.15, 0.2) is 0 Å². The molecule has 0 atom stereocenters. The molecule has 0 aromatic carbocycles. The molecular weight excluding hydrogens is 196 g/mol. The van der Waals surface area contributed by atoms with Gasteiger partial charge >= 0.3 is 0 Å². The smallest absolute Gasteiger partial charge is 0.253 e. The van der Waals surface area contributed by atoms with Gasteiger partial charge in [-0.15, -0.1) is 0 Å². The summed E-state index contributed by atoms with van der Waals surface area (Å²) in [5.41, 5.74) is 5.35. The molecule has 1 fully saturated rings. The number of nitrogens with one attached hydrogen (secondary N) is 2. The normalized spacial score (nSPS) is 17.2. The SMILES string of the molecule is CN/C=C(\C(=N)N1CC(OC)C1)C(N)=O. The van der Waals surface area contributed by atoms with Crippen molar-refractivity contribution in [2.75, 3.05) is 27.2 Å². The molecule has 0 aliphatic carbocycles. The van der Waals surface area contributed by atoms with E-state index in [1.807, 2.05) is 0 Å². The number of carbonyl (C=O) groups excluding carboxylic acids is 1. The van der Waals surface area contributed by atoms with E-state index >= 15 is 0 Å². The number of hydrogen-bond acceptors (Lipinski definition) is 4. The average molecular weight is 212 g/mol. The number of likely N-dealkylation sites (tertiary alicyclic amines) is 1. The molecule has 0 aromatic rings. The summed E-state index contributed by atoms with van der Waals surface area (Å²) in [6.07, 6.45) is 1.58. The van der Waals surface area contributed by atoms with Gasteiger partial charge in [0.2, 0.25) is 0 Å². The second-order valence-corrected chi connectivity index (χ2v) is 3.32. The summed E-state index contributed by atoms with van der Waals surface area (Å²) < 4.78 is 5.08. The highest BCUT2D eigenvalue weighted by Crippen LogP contribution is 2.14. The molecule has 1 aliphatic rings. The van der Waals surface area contributed by atoms with Gasteiger partial charge in [-0.1, -0.05) is 0 Å². The van der Waals surface area contributed by atoms with Crippen LogP contribution in [-0.2, 0) is 9.53 Å². The van der Waals surface area contributed by atoms with E-state index in [9.17, 15) is 4.79 Å². The zero-order chi connectivity index (χ0) is 11.4. The Hall–Kier alpha value is -1.56. The first-order valence-electron chi connectivity index (χ1n) is 4.64. The van der Waals surface area contributed by atoms with Gasteiger partial charge in [0.1, 0.15) is 5.84 Å². The minimum atomic E-state index is -0.602. The van der Waals surface area contributed by atoms with Gasteiger partial charge in [-0.2, -0.15) is 0 Å². The Labute approximate surface area is 88.6 Å². The summed E-state index contributed by atoms with van der Waals surface area (Å²) in [6, 6.07) is 0. The third-order valence-corrected chi connectivity index (χ3v) is 2.31. The van der Waals surface area contributed by atoms with E-state index < -0.39 is 5.91 Å². The number of primary amides is 1. The van der Waals surface area contributed by atoms with E-state index in [0.717, 1.165) is 0 Å². The molecule has 1 heterocycles. The Morgan fingerprint density at radius 2 is 2.27 bits per heavy atom. The summed E-state index contributed by atoms with van der Waals surface area (Å²) in [5.74, 6) is -0.458. The third kappa shape index (κ3) is 2.47. The molecule has 0 bridgehead atoms. The highest BCUT2D eigenvalue weighted by atomic mass is 16.5. The molecule has 1 amide bonds. The second kappa shape index (κ2) is 4.79. The van der Waals surface area contributed by atoms with Crippen LogP contribution in [0, 0.1) is 5.41 Å². The highest BCUT2D eigenvalue weighted by molar-refractivity contribution is 6.19. The van der Waals surface area contributed by atoms with Crippen molar-refractivity contribution in [2.24, 2.45) is 5.73 Å². The number of nitrogens with zero attached hydrogens (tertiary/aromatic N) is 1. The van der Waals surface area contributed by atoms with Gasteiger partial charge in [-0.05, 0) is 0 Å². The molecule has 0 spiro atoms. The maximum Gasteiger partial charge on any atom is 0.253 e. The Morgan fingerprint density at radius 3 is 2.67 bits per heavy atom. The Morgan fingerprint density at radius 1 is 1.67 bits per heavy atom. The Kier molecular flexibility index (Phi) is 3.68. The summed E-state index contributed by atoms with van der Waals surface area (Å²) in [5, 5.41) is 10.5. The van der Waals surface area contributed by atoms with Gasteiger partial charge in [0.25, 0.3) is 5.91 Å². The predicted molar refractivity (Wildman–Crippen MR) is 56.4 cm³/mol. The van der Waals surface area contributed by atoms with Crippen molar-refractivity contribution in [3.8, 4) is 0 Å². The van der Waals surface area contributed by atoms with Gasteiger partial charge in [-0.3, -0.25) is 10.2 Å². The standard InChI is InChI=1S/C9H16N4O2/c1-12-3-7(9(11)14)8(10)13-4-6(5-13)15-2/h3,6,10,12H,4-5H2,1-2H3,(H2,11,14)/b7-3+,10-8?. The number of hydrogen-bond donors (Lipinski definition) is 3. The predicted octanol–water partition coefficient (Wildman–Crippen LogP) is -1.12. The van der Waals surface area contributed by atoms with Crippen LogP contribution in [0.3, 0.4) is 0 Å². The molecule has 0 saturated carbocycles. The van der Waals surface area contributed by atoms with E-state index in [1.54, 1.807) is 19.1 Å². The number of rotatable bonds is 4. The fourth-order valence-corrected chi connectivity index (χ4v) is 1.34. The second-order valence-electron chi connectivity index (χ2n) is 3.32. The minimum absolute atomic E-state index is 0.144. The highest BCUT2D eigenvalue weighted by Gasteiger charge is 2.31. The van der Waals surface area contributed by atoms with Gasteiger partial charge in [0, 0.05) is 33.4 Å². The first-order valence-corrected chi connectivity index (χ1v) is 4.64. The van der Waals surface area contributed by atoms with Crippen molar-refractivity contribution in [1.29, 1.82) is 5.41 Å². The fourth-order valence-electron chi connectivity index (χ4n) is 1.34. The zero-order valence-electron chi connectivity index (χ0n) is 8.91. The van der Waals surface area contributed by atoms with Crippen LogP contribution >= 0.6 is 0 Å². The Balaban J connectivity index is 2.60. The van der Waals surface area contributed by atoms with Gasteiger partial charge < -0.3 is 20.7 Å². The molecule has 1 aliphatic heterocycles. The van der Waals surface area contributed by atoms with Crippen LogP contribution < -0.4 is 11.1 Å². The zero-order valence-corrected chi connectivity index (χ0v) is 8.91. The van der Waals surface area contributed by atoms with E-state index in [0.29, 0.717) is 13.1 Å². The minimum Gasteiger partial charge on any atom is -0.393 e. The number of carbonyl (C=O) groups is 1. The van der Waals surface area contributed by atoms with Crippen molar-refractivity contribution in [3.63, 3.8) is 0 Å². The maximum atomic E-state index is 11.0. The molecule has 1 rings (SSSR count). The molecule has 0 radical (unpaired) electrons. The number of amidine groups is 1. The van der Waals surface area contributed by atoms with Crippen LogP contribution in [0.25, 0.3) is 0 Å². The van der Waals surface area contributed by atoms with Gasteiger partial charge in [0.05, 0.1) is 11.7 Å². The van der Waals surface area contributed by atoms with Crippen molar-refractivity contribution in [1.82, 2.24) is 10.2 Å². The molecular formula is C9H16N4O2. The van der Waals surface area contributed by atoms with Crippen LogP contribution in [0.2, 0.25) is 0 Å². The molecule has 0 aromatic heterocycles. The van der Waals surface area contributed by atoms with E-state index in [2.05, 4.69) is 5.32 Å². The third-order valence-electron chi connectivity index (χ3n) is 2.31. The first kappa shape index (κ1) is 11.5. The lowest BCUT2D eigenvalue weighted by molar-refractivity contribution is -0.114. The number of ether oxygens (including phenoxy) is 1. The fraction of sp³-hybridized carbons (Fsp3) is 0.556. The largest absolute Gasteiger partial charge is 0.393 e. The molecule has 1 saturated heterocycles. The number of methoxy groups -OCH3 is 1. The quantitative estimate of drug-likeness (QED) is 0.313. The average Bonchev–Trinajstić information content (AvgIpc) is 2.11. The lowest BCUT2D eigenvalue weighted by atomic mass is 10.1. The lowest BCUT2D eigenvalue weighted by Crippen LogP contribution is -2.55. The summed E-state index contributed by atoms with van der Waals surface area (Å²) in [4.78, 5) is 12.8. The van der Waals surface area contributed by atoms with E-state index in [-0.39, 0.29) is 17.5 Å². The molecule has 15 heavy (non-hydrogen) atoms. The Bertz CT molecular complexity index is 294. The van der Waals surface area contributed by atoms with Crippen LogP contribution in [0.4, 0.5) is 0 Å². The van der Waals surface area contributed by atoms with E-state index in [4.69, 9.17) is 15.9 Å². The number of amides is 1. The van der Waals surface area contributed by atoms with Crippen molar-refractivity contribution >= 4 is 11.7 Å². The number of nitrogens with two attached hydrogens (primary N) is 1. The molecule has 84 valence electrons. The van der Waals surface area contributed by atoms with Crippen LogP contribution in [0.5, 0.6) is 0 Å². The molecule has 4 N–H and O–H groups in total. The first-order chi connectivity index (χ1) is 7.10. The van der Waals surface area contributed by atoms with Crippen LogP contribution in [0.15, 0.2) is 11.8 Å². The summed E-state index contributed by atoms with van der Waals surface area (Å²) in [7, 11) is 3.29. The lowest BCUT2D eigenvalue weighted by Gasteiger charge is -2.39. The van der Waals surface area contributed by atoms with Crippen LogP contribution in [0.1, 0.15) is 0 Å². The topological polar surface area (TPSA) is 91.4 Å². The maximum absolute atomic E-state index is 11.0. The van der Waals surface area contributed by atoms with E-state index in [1.165, 1.54) is 6.20 Å².